The number of nitrogens with one attached hydrogen (secondary N) is 1. The van der Waals surface area contributed by atoms with E-state index in [0.29, 0.717) is 22.7 Å². The molecule has 0 aliphatic rings. The molecule has 3 aromatic carbocycles. The number of hydrogen-bond acceptors (Lipinski definition) is 4. The average Bonchev–Trinajstić information content (AvgIpc) is 3.20. The van der Waals surface area contributed by atoms with Crippen LogP contribution in [-0.4, -0.2) is 22.7 Å². The van der Waals surface area contributed by atoms with Gasteiger partial charge in [0.05, 0.1) is 7.11 Å². The number of methoxy groups -OCH3 is 1. The molecule has 1 heterocycles. The third kappa shape index (κ3) is 4.48. The van der Waals surface area contributed by atoms with Crippen molar-refractivity contribution in [1.29, 1.82) is 0 Å². The second-order valence-electron chi connectivity index (χ2n) is 7.16. The summed E-state index contributed by atoms with van der Waals surface area (Å²) in [5, 5.41) is 7.73. The quantitative estimate of drug-likeness (QED) is 0.418. The summed E-state index contributed by atoms with van der Waals surface area (Å²) in [6, 6.07) is 22.1. The van der Waals surface area contributed by atoms with Gasteiger partial charge in [-0.2, -0.15) is 5.10 Å². The Morgan fingerprint density at radius 2 is 1.77 bits per heavy atom. The lowest BCUT2D eigenvalue weighted by Gasteiger charge is -2.19. The number of aryl methyl sites for hydroxylation is 1. The maximum atomic E-state index is 13.7. The van der Waals surface area contributed by atoms with E-state index in [2.05, 4.69) is 10.4 Å². The summed E-state index contributed by atoms with van der Waals surface area (Å²) in [4.78, 5) is 13.7. The Morgan fingerprint density at radius 3 is 2.48 bits per heavy atom. The van der Waals surface area contributed by atoms with Crippen LogP contribution in [-0.2, 0) is 7.05 Å². The summed E-state index contributed by atoms with van der Waals surface area (Å²) in [5.74, 6) is 0.0890. The number of aromatic nitrogens is 2. The Hall–Kier alpha value is -3.93. The molecule has 6 heteroatoms. The Bertz CT molecular complexity index is 1190. The Kier molecular flexibility index (Phi) is 5.80. The molecule has 0 saturated carbocycles. The monoisotopic (exact) mass is 415 g/mol. The molecule has 1 aromatic heterocycles. The highest BCUT2D eigenvalue weighted by Crippen LogP contribution is 2.30. The van der Waals surface area contributed by atoms with Gasteiger partial charge in [0, 0.05) is 30.6 Å². The van der Waals surface area contributed by atoms with Gasteiger partial charge in [-0.3, -0.25) is 9.48 Å². The first-order valence-electron chi connectivity index (χ1n) is 9.84. The largest absolute Gasteiger partial charge is 0.497 e. The van der Waals surface area contributed by atoms with Crippen LogP contribution in [0.1, 0.15) is 22.1 Å². The predicted molar refractivity (Wildman–Crippen MR) is 119 cm³/mol. The summed E-state index contributed by atoms with van der Waals surface area (Å²) in [7, 11) is 3.37. The highest BCUT2D eigenvalue weighted by atomic mass is 19.1. The van der Waals surface area contributed by atoms with Gasteiger partial charge in [0.25, 0.3) is 0 Å². The third-order valence-corrected chi connectivity index (χ3v) is 4.99. The number of nitrogens with zero attached hydrogens (tertiary/aromatic N) is 2. The van der Waals surface area contributed by atoms with E-state index in [1.807, 2.05) is 54.7 Å². The standard InChI is InChI=1S/C25H22FN3O2/c1-29-16-22(17-7-4-3-5-8-17)24(28-29)25(30)23(18-11-13-19(26)14-12-18)27-20-9-6-10-21(15-20)31-2/h3-16,23,27H,1-2H3. The van der Waals surface area contributed by atoms with Crippen molar-refractivity contribution in [3.05, 3.63) is 102 Å². The van der Waals surface area contributed by atoms with Crippen LogP contribution in [0.25, 0.3) is 11.1 Å². The van der Waals surface area contributed by atoms with Crippen molar-refractivity contribution in [2.24, 2.45) is 7.05 Å². The lowest BCUT2D eigenvalue weighted by atomic mass is 9.96. The van der Waals surface area contributed by atoms with Crippen molar-refractivity contribution in [3.63, 3.8) is 0 Å². The second-order valence-corrected chi connectivity index (χ2v) is 7.16. The van der Waals surface area contributed by atoms with E-state index in [4.69, 9.17) is 4.74 Å². The number of carbonyl (C=O) groups excluding carboxylic acids is 1. The van der Waals surface area contributed by atoms with E-state index in [0.717, 1.165) is 11.1 Å². The molecule has 0 fully saturated rings. The van der Waals surface area contributed by atoms with E-state index in [1.54, 1.807) is 37.0 Å². The van der Waals surface area contributed by atoms with Crippen molar-refractivity contribution in [1.82, 2.24) is 9.78 Å². The van der Waals surface area contributed by atoms with Gasteiger partial charge in [-0.25, -0.2) is 4.39 Å². The van der Waals surface area contributed by atoms with Crippen molar-refractivity contribution in [2.75, 3.05) is 12.4 Å². The molecule has 0 spiro atoms. The first-order chi connectivity index (χ1) is 15.0. The van der Waals surface area contributed by atoms with E-state index in [1.165, 1.54) is 12.1 Å². The maximum Gasteiger partial charge on any atom is 0.210 e. The van der Waals surface area contributed by atoms with Gasteiger partial charge in [-0.1, -0.05) is 48.5 Å². The fourth-order valence-electron chi connectivity index (χ4n) is 3.47. The minimum Gasteiger partial charge on any atom is -0.497 e. The molecule has 1 atom stereocenters. The molecule has 0 aliphatic carbocycles. The van der Waals surface area contributed by atoms with Crippen LogP contribution >= 0.6 is 0 Å². The summed E-state index contributed by atoms with van der Waals surface area (Å²) in [6.07, 6.45) is 1.83. The van der Waals surface area contributed by atoms with Gasteiger partial charge < -0.3 is 10.1 Å². The molecule has 0 bridgehead atoms. The van der Waals surface area contributed by atoms with Gasteiger partial charge >= 0.3 is 0 Å². The highest BCUT2D eigenvalue weighted by Gasteiger charge is 2.27. The molecule has 0 radical (unpaired) electrons. The molecule has 0 amide bonds. The van der Waals surface area contributed by atoms with E-state index < -0.39 is 6.04 Å². The lowest BCUT2D eigenvalue weighted by molar-refractivity contribution is 0.0964. The number of ether oxygens (including phenoxy) is 1. The highest BCUT2D eigenvalue weighted by molar-refractivity contribution is 6.05. The zero-order valence-corrected chi connectivity index (χ0v) is 17.2. The molecular formula is C25H22FN3O2. The molecule has 5 nitrogen and oxygen atoms in total. The van der Waals surface area contributed by atoms with Gasteiger partial charge in [0.1, 0.15) is 23.3 Å². The van der Waals surface area contributed by atoms with Crippen LogP contribution in [0.2, 0.25) is 0 Å². The van der Waals surface area contributed by atoms with Crippen LogP contribution in [0.4, 0.5) is 10.1 Å². The molecule has 1 unspecified atom stereocenters. The summed E-state index contributed by atoms with van der Waals surface area (Å²) >= 11 is 0. The molecule has 4 rings (SSSR count). The molecule has 1 N–H and O–H groups in total. The fourth-order valence-corrected chi connectivity index (χ4v) is 3.47. The molecular weight excluding hydrogens is 393 g/mol. The predicted octanol–water partition coefficient (Wildman–Crippen LogP) is 5.27. The number of halogens is 1. The van der Waals surface area contributed by atoms with Gasteiger partial charge in [0.2, 0.25) is 5.78 Å². The number of ketones is 1. The van der Waals surface area contributed by atoms with Crippen LogP contribution in [0.5, 0.6) is 5.75 Å². The van der Waals surface area contributed by atoms with Gasteiger partial charge in [0.15, 0.2) is 0 Å². The molecule has 31 heavy (non-hydrogen) atoms. The number of Topliss-reactive ketones (excluding diaryl/α,β-unsaturated/α-hetero) is 1. The molecule has 156 valence electrons. The number of anilines is 1. The van der Waals surface area contributed by atoms with Crippen molar-refractivity contribution in [2.45, 2.75) is 6.04 Å². The van der Waals surface area contributed by atoms with E-state index in [9.17, 15) is 9.18 Å². The minimum atomic E-state index is -0.759. The third-order valence-electron chi connectivity index (χ3n) is 4.99. The normalized spacial score (nSPS) is 11.7. The summed E-state index contributed by atoms with van der Waals surface area (Å²) in [6.45, 7) is 0. The SMILES string of the molecule is COc1cccc(NC(C(=O)c2nn(C)cc2-c2ccccc2)c2ccc(F)cc2)c1. The first kappa shape index (κ1) is 20.3. The van der Waals surface area contributed by atoms with Gasteiger partial charge in [-0.15, -0.1) is 0 Å². The van der Waals surface area contributed by atoms with Crippen LogP contribution in [0, 0.1) is 5.82 Å². The average molecular weight is 415 g/mol. The number of rotatable bonds is 7. The topological polar surface area (TPSA) is 56.1 Å². The first-order valence-corrected chi connectivity index (χ1v) is 9.84. The van der Waals surface area contributed by atoms with E-state index in [-0.39, 0.29) is 11.6 Å². The van der Waals surface area contributed by atoms with Crippen LogP contribution in [0.3, 0.4) is 0 Å². The summed E-state index contributed by atoms with van der Waals surface area (Å²) in [5.41, 5.74) is 3.34. The zero-order valence-electron chi connectivity index (χ0n) is 17.2. The minimum absolute atomic E-state index is 0.214. The zero-order chi connectivity index (χ0) is 21.8. The maximum absolute atomic E-state index is 13.7. The number of hydrogen-bond donors (Lipinski definition) is 1. The second kappa shape index (κ2) is 8.83. The molecule has 0 aliphatic heterocycles. The lowest BCUT2D eigenvalue weighted by Crippen LogP contribution is -2.22. The molecule has 4 aromatic rings. The fraction of sp³-hybridized carbons (Fsp3) is 0.120. The molecule has 0 saturated heterocycles. The van der Waals surface area contributed by atoms with Crippen LogP contribution < -0.4 is 10.1 Å². The Balaban J connectivity index is 1.77. The Morgan fingerprint density at radius 1 is 1.03 bits per heavy atom. The number of benzene rings is 3. The van der Waals surface area contributed by atoms with E-state index >= 15 is 0 Å². The summed E-state index contributed by atoms with van der Waals surface area (Å²) < 4.78 is 20.5. The smallest absolute Gasteiger partial charge is 0.210 e. The van der Waals surface area contributed by atoms with Crippen molar-refractivity contribution >= 4 is 11.5 Å². The van der Waals surface area contributed by atoms with Gasteiger partial charge in [-0.05, 0) is 35.4 Å². The van der Waals surface area contributed by atoms with Crippen molar-refractivity contribution < 1.29 is 13.9 Å². The number of carbonyl (C=O) groups is 1. The van der Waals surface area contributed by atoms with Crippen LogP contribution in [0.15, 0.2) is 85.1 Å². The van der Waals surface area contributed by atoms with Crippen molar-refractivity contribution in [3.8, 4) is 16.9 Å². The Labute approximate surface area is 180 Å².